The molecule has 1 N–H and O–H groups in total. The molecular formula is C7H6ClN3O2. The zero-order valence-corrected chi connectivity index (χ0v) is 7.49. The first-order valence-corrected chi connectivity index (χ1v) is 3.91. The van der Waals surface area contributed by atoms with Crippen molar-refractivity contribution < 1.29 is 9.90 Å². The highest BCUT2D eigenvalue weighted by atomic mass is 35.5. The SMILES string of the molecule is Cn1c(Cl)c(C(=O)O)n2ccnc12. The van der Waals surface area contributed by atoms with Gasteiger partial charge in [0.25, 0.3) is 0 Å². The van der Waals surface area contributed by atoms with E-state index in [-0.39, 0.29) is 10.8 Å². The molecule has 0 aromatic carbocycles. The van der Waals surface area contributed by atoms with Crippen LogP contribution in [0.1, 0.15) is 10.5 Å². The predicted octanol–water partition coefficient (Wildman–Crippen LogP) is 1.02. The van der Waals surface area contributed by atoms with Gasteiger partial charge in [-0.15, -0.1) is 0 Å². The molecule has 0 unspecified atom stereocenters. The number of carboxylic acid groups (broad SMARTS) is 1. The Labute approximate surface area is 78.2 Å². The van der Waals surface area contributed by atoms with E-state index in [1.165, 1.54) is 15.2 Å². The number of rotatable bonds is 1. The summed E-state index contributed by atoms with van der Waals surface area (Å²) in [6.07, 6.45) is 3.09. The Morgan fingerprint density at radius 2 is 2.38 bits per heavy atom. The maximum atomic E-state index is 10.8. The summed E-state index contributed by atoms with van der Waals surface area (Å²) in [5, 5.41) is 9.03. The molecule has 2 aromatic heterocycles. The average molecular weight is 200 g/mol. The summed E-state index contributed by atoms with van der Waals surface area (Å²) in [6.45, 7) is 0. The molecule has 0 bridgehead atoms. The molecule has 0 aliphatic carbocycles. The molecule has 6 heteroatoms. The van der Waals surface area contributed by atoms with Crippen LogP contribution in [0.3, 0.4) is 0 Å². The number of aromatic carboxylic acids is 1. The van der Waals surface area contributed by atoms with E-state index in [1.807, 2.05) is 0 Å². The van der Waals surface area contributed by atoms with Gasteiger partial charge in [-0.1, -0.05) is 11.6 Å². The van der Waals surface area contributed by atoms with Gasteiger partial charge in [-0.25, -0.2) is 9.78 Å². The largest absolute Gasteiger partial charge is 0.476 e. The van der Waals surface area contributed by atoms with E-state index in [1.54, 1.807) is 13.2 Å². The molecule has 0 aliphatic heterocycles. The molecule has 0 spiro atoms. The Bertz CT molecular complexity index is 485. The fourth-order valence-electron chi connectivity index (χ4n) is 1.26. The number of carboxylic acids is 1. The topological polar surface area (TPSA) is 59.5 Å². The average Bonchev–Trinajstić information content (AvgIpc) is 2.57. The van der Waals surface area contributed by atoms with Crippen LogP contribution in [0, 0.1) is 0 Å². The summed E-state index contributed by atoms with van der Waals surface area (Å²) in [7, 11) is 1.66. The number of aromatic nitrogens is 3. The highest BCUT2D eigenvalue weighted by molar-refractivity contribution is 6.32. The fraction of sp³-hybridized carbons (Fsp3) is 0.143. The molecule has 5 nitrogen and oxygen atoms in total. The first kappa shape index (κ1) is 8.12. The van der Waals surface area contributed by atoms with Crippen LogP contribution in [0.15, 0.2) is 12.4 Å². The third-order valence-corrected chi connectivity index (χ3v) is 2.29. The minimum absolute atomic E-state index is 0.0386. The van der Waals surface area contributed by atoms with Crippen LogP contribution in [-0.4, -0.2) is 25.0 Å². The third-order valence-electron chi connectivity index (χ3n) is 1.85. The van der Waals surface area contributed by atoms with Crippen LogP contribution in [0.5, 0.6) is 0 Å². The van der Waals surface area contributed by atoms with E-state index < -0.39 is 5.97 Å². The first-order valence-electron chi connectivity index (χ1n) is 3.53. The highest BCUT2D eigenvalue weighted by Crippen LogP contribution is 2.19. The second-order valence-electron chi connectivity index (χ2n) is 2.60. The van der Waals surface area contributed by atoms with E-state index in [0.717, 1.165) is 0 Å². The zero-order chi connectivity index (χ0) is 9.59. The summed E-state index contributed by atoms with van der Waals surface area (Å²) in [4.78, 5) is 14.8. The van der Waals surface area contributed by atoms with Crippen LogP contribution >= 0.6 is 11.6 Å². The molecule has 2 aromatic rings. The summed E-state index contributed by atoms with van der Waals surface area (Å²) >= 11 is 5.79. The van der Waals surface area contributed by atoms with E-state index in [9.17, 15) is 4.79 Å². The molecule has 0 radical (unpaired) electrons. The molecule has 2 rings (SSSR count). The molecule has 0 fully saturated rings. The van der Waals surface area contributed by atoms with Gasteiger partial charge in [-0.05, 0) is 0 Å². The van der Waals surface area contributed by atoms with E-state index in [0.29, 0.717) is 5.78 Å². The minimum Gasteiger partial charge on any atom is -0.476 e. The molecule has 0 amide bonds. The maximum absolute atomic E-state index is 10.8. The lowest BCUT2D eigenvalue weighted by molar-refractivity contribution is 0.0689. The Kier molecular flexibility index (Phi) is 1.56. The molecule has 0 aliphatic rings. The smallest absolute Gasteiger partial charge is 0.356 e. The number of imidazole rings is 2. The molecule has 68 valence electrons. The second kappa shape index (κ2) is 2.50. The number of halogens is 1. The number of aryl methyl sites for hydroxylation is 1. The monoisotopic (exact) mass is 199 g/mol. The van der Waals surface area contributed by atoms with Crippen LogP contribution in [0.25, 0.3) is 5.78 Å². The van der Waals surface area contributed by atoms with Gasteiger partial charge in [0.1, 0.15) is 5.15 Å². The van der Waals surface area contributed by atoms with Crippen LogP contribution in [0.4, 0.5) is 0 Å². The Morgan fingerprint density at radius 1 is 1.69 bits per heavy atom. The Hall–Kier alpha value is -1.49. The van der Waals surface area contributed by atoms with Crippen LogP contribution < -0.4 is 0 Å². The van der Waals surface area contributed by atoms with Gasteiger partial charge in [-0.2, -0.15) is 0 Å². The quantitative estimate of drug-likeness (QED) is 0.746. The standard InChI is InChI=1S/C7H6ClN3O2/c1-10-5(8)4(6(12)13)11-3-2-9-7(10)11/h2-3H,1H3,(H,12,13). The molecule has 0 saturated carbocycles. The van der Waals surface area contributed by atoms with Crippen LogP contribution in [0.2, 0.25) is 5.15 Å². The van der Waals surface area contributed by atoms with Gasteiger partial charge in [0.2, 0.25) is 5.78 Å². The Morgan fingerprint density at radius 3 is 3.00 bits per heavy atom. The zero-order valence-electron chi connectivity index (χ0n) is 6.73. The lowest BCUT2D eigenvalue weighted by atomic mass is 10.5. The molecular weight excluding hydrogens is 194 g/mol. The van der Waals surface area contributed by atoms with Gasteiger partial charge < -0.3 is 9.67 Å². The number of carbonyl (C=O) groups is 1. The number of hydrogen-bond donors (Lipinski definition) is 1. The van der Waals surface area contributed by atoms with E-state index >= 15 is 0 Å². The van der Waals surface area contributed by atoms with Crippen molar-refractivity contribution >= 4 is 23.3 Å². The molecule has 0 atom stereocenters. The summed E-state index contributed by atoms with van der Waals surface area (Å²) in [6, 6.07) is 0. The van der Waals surface area contributed by atoms with Crippen molar-refractivity contribution in [2.45, 2.75) is 0 Å². The van der Waals surface area contributed by atoms with Gasteiger partial charge in [0.15, 0.2) is 5.69 Å². The summed E-state index contributed by atoms with van der Waals surface area (Å²) < 4.78 is 2.95. The van der Waals surface area contributed by atoms with Crippen molar-refractivity contribution in [1.29, 1.82) is 0 Å². The van der Waals surface area contributed by atoms with Gasteiger partial charge in [-0.3, -0.25) is 4.40 Å². The van der Waals surface area contributed by atoms with Crippen molar-refractivity contribution in [3.05, 3.63) is 23.2 Å². The van der Waals surface area contributed by atoms with Gasteiger partial charge >= 0.3 is 5.97 Å². The Balaban J connectivity index is 2.92. The number of fused-ring (bicyclic) bond motifs is 1. The van der Waals surface area contributed by atoms with Crippen LogP contribution in [-0.2, 0) is 7.05 Å². The summed E-state index contributed by atoms with van der Waals surface area (Å²) in [5.41, 5.74) is 0.0386. The number of nitrogens with zero attached hydrogens (tertiary/aromatic N) is 3. The maximum Gasteiger partial charge on any atom is 0.356 e. The lowest BCUT2D eigenvalue weighted by Crippen LogP contribution is -2.00. The molecule has 0 saturated heterocycles. The molecule has 13 heavy (non-hydrogen) atoms. The van der Waals surface area contributed by atoms with Crippen molar-refractivity contribution in [3.8, 4) is 0 Å². The third kappa shape index (κ3) is 0.936. The van der Waals surface area contributed by atoms with E-state index in [4.69, 9.17) is 16.7 Å². The molecule has 2 heterocycles. The van der Waals surface area contributed by atoms with Gasteiger partial charge in [0.05, 0.1) is 0 Å². The second-order valence-corrected chi connectivity index (χ2v) is 2.96. The lowest BCUT2D eigenvalue weighted by Gasteiger charge is -1.92. The van der Waals surface area contributed by atoms with Crippen molar-refractivity contribution in [3.63, 3.8) is 0 Å². The fourth-order valence-corrected chi connectivity index (χ4v) is 1.50. The van der Waals surface area contributed by atoms with Crippen molar-refractivity contribution in [2.24, 2.45) is 7.05 Å². The first-order chi connectivity index (χ1) is 6.13. The van der Waals surface area contributed by atoms with Crippen molar-refractivity contribution in [2.75, 3.05) is 0 Å². The minimum atomic E-state index is -1.06. The van der Waals surface area contributed by atoms with Gasteiger partial charge in [0, 0.05) is 19.4 Å². The highest BCUT2D eigenvalue weighted by Gasteiger charge is 2.19. The van der Waals surface area contributed by atoms with Crippen molar-refractivity contribution in [1.82, 2.24) is 14.0 Å². The predicted molar refractivity (Wildman–Crippen MR) is 46.1 cm³/mol. The number of hydrogen-bond acceptors (Lipinski definition) is 2. The van der Waals surface area contributed by atoms with E-state index in [2.05, 4.69) is 4.98 Å². The summed E-state index contributed by atoms with van der Waals surface area (Å²) in [5.74, 6) is -0.545. The normalized spacial score (nSPS) is 10.9.